The van der Waals surface area contributed by atoms with Crippen LogP contribution in [0.15, 0.2) is 35.2 Å². The van der Waals surface area contributed by atoms with Gasteiger partial charge in [0, 0.05) is 5.41 Å². The van der Waals surface area contributed by atoms with E-state index in [0.29, 0.717) is 0 Å². The molecule has 0 spiro atoms. The number of carbonyl (C=O) groups excluding carboxylic acids is 2. The van der Waals surface area contributed by atoms with Crippen LogP contribution >= 0.6 is 0 Å². The van der Waals surface area contributed by atoms with Crippen LogP contribution in [0.25, 0.3) is 0 Å². The summed E-state index contributed by atoms with van der Waals surface area (Å²) in [6.07, 6.45) is 0. The van der Waals surface area contributed by atoms with Crippen molar-refractivity contribution in [2.24, 2.45) is 10.8 Å². The number of ether oxygens (including phenoxy) is 2. The van der Waals surface area contributed by atoms with Gasteiger partial charge >= 0.3 is 11.9 Å². The molecule has 0 N–H and O–H groups in total. The monoisotopic (exact) mass is 326 g/mol. The third kappa shape index (κ3) is 1.88. The zero-order chi connectivity index (χ0) is 16.8. The van der Waals surface area contributed by atoms with Crippen LogP contribution in [0, 0.1) is 10.8 Å². The predicted octanol–water partition coefficient (Wildman–Crippen LogP) is 1.20. The summed E-state index contributed by atoms with van der Waals surface area (Å²) in [6.45, 7) is 3.10. The Morgan fingerprint density at radius 2 is 1.45 bits per heavy atom. The Hall–Kier alpha value is -1.89. The van der Waals surface area contributed by atoms with Gasteiger partial charge in [0.15, 0.2) is 15.3 Å². The normalized spacial score (nSPS) is 21.7. The van der Waals surface area contributed by atoms with Crippen LogP contribution in [-0.2, 0) is 28.9 Å². The Balaban J connectivity index is 2.61. The van der Waals surface area contributed by atoms with E-state index in [1.165, 1.54) is 12.1 Å². The standard InChI is InChI=1S/C15H18O6S/c1-14(2)11(15(14,12(16)20-3)13(17)21-4)22(18,19)10-8-6-5-7-9-10/h5-9,11H,1-4H3. The summed E-state index contributed by atoms with van der Waals surface area (Å²) in [5.41, 5.74) is -2.97. The first-order chi connectivity index (χ1) is 10.2. The van der Waals surface area contributed by atoms with E-state index in [1.54, 1.807) is 32.0 Å². The number of methoxy groups -OCH3 is 2. The molecule has 1 unspecified atom stereocenters. The largest absolute Gasteiger partial charge is 0.468 e. The molecule has 6 nitrogen and oxygen atoms in total. The third-order valence-electron chi connectivity index (χ3n) is 4.38. The average molecular weight is 326 g/mol. The van der Waals surface area contributed by atoms with Crippen LogP contribution in [0.5, 0.6) is 0 Å². The minimum Gasteiger partial charge on any atom is -0.468 e. The van der Waals surface area contributed by atoms with Gasteiger partial charge in [0.25, 0.3) is 0 Å². The van der Waals surface area contributed by atoms with Gasteiger partial charge in [-0.3, -0.25) is 9.59 Å². The van der Waals surface area contributed by atoms with Gasteiger partial charge in [-0.1, -0.05) is 32.0 Å². The van der Waals surface area contributed by atoms with Crippen molar-refractivity contribution in [1.29, 1.82) is 0 Å². The van der Waals surface area contributed by atoms with Crippen LogP contribution in [0.3, 0.4) is 0 Å². The summed E-state index contributed by atoms with van der Waals surface area (Å²) in [4.78, 5) is 24.5. The van der Waals surface area contributed by atoms with Gasteiger partial charge in [0.05, 0.1) is 19.1 Å². The summed E-state index contributed by atoms with van der Waals surface area (Å²) in [5, 5.41) is -1.23. The second-order valence-electron chi connectivity index (χ2n) is 5.75. The molecule has 1 saturated carbocycles. The van der Waals surface area contributed by atoms with Gasteiger partial charge in [-0.25, -0.2) is 8.42 Å². The van der Waals surface area contributed by atoms with Crippen LogP contribution < -0.4 is 0 Å². The van der Waals surface area contributed by atoms with E-state index < -0.39 is 37.9 Å². The van der Waals surface area contributed by atoms with Gasteiger partial charge in [-0.15, -0.1) is 0 Å². The summed E-state index contributed by atoms with van der Waals surface area (Å²) in [6, 6.07) is 7.72. The molecule has 0 radical (unpaired) electrons. The molecule has 1 aromatic carbocycles. The van der Waals surface area contributed by atoms with Gasteiger partial charge in [-0.2, -0.15) is 0 Å². The summed E-state index contributed by atoms with van der Waals surface area (Å²) < 4.78 is 35.1. The lowest BCUT2D eigenvalue weighted by molar-refractivity contribution is -0.163. The predicted molar refractivity (Wildman–Crippen MR) is 77.7 cm³/mol. The van der Waals surface area contributed by atoms with Gasteiger partial charge in [0.1, 0.15) is 5.25 Å². The number of hydrogen-bond donors (Lipinski definition) is 0. The highest BCUT2D eigenvalue weighted by Gasteiger charge is 2.86. The van der Waals surface area contributed by atoms with Crippen LogP contribution in [0.2, 0.25) is 0 Å². The minimum absolute atomic E-state index is 0.0581. The number of carbonyl (C=O) groups is 2. The van der Waals surface area contributed by atoms with Crippen molar-refractivity contribution in [3.8, 4) is 0 Å². The molecular weight excluding hydrogens is 308 g/mol. The molecule has 22 heavy (non-hydrogen) atoms. The fraction of sp³-hybridized carbons (Fsp3) is 0.467. The average Bonchev–Trinajstić information content (AvgIpc) is 3.05. The van der Waals surface area contributed by atoms with E-state index in [9.17, 15) is 18.0 Å². The second kappa shape index (κ2) is 5.08. The number of benzene rings is 1. The van der Waals surface area contributed by atoms with Crippen LogP contribution in [0.4, 0.5) is 0 Å². The first kappa shape index (κ1) is 16.5. The van der Waals surface area contributed by atoms with Crippen molar-refractivity contribution in [3.63, 3.8) is 0 Å². The van der Waals surface area contributed by atoms with E-state index >= 15 is 0 Å². The molecule has 0 aromatic heterocycles. The quantitative estimate of drug-likeness (QED) is 0.610. The summed E-state index contributed by atoms with van der Waals surface area (Å²) >= 11 is 0. The first-order valence-electron chi connectivity index (χ1n) is 6.64. The van der Waals surface area contributed by atoms with E-state index in [4.69, 9.17) is 9.47 Å². The van der Waals surface area contributed by atoms with E-state index in [2.05, 4.69) is 0 Å². The van der Waals surface area contributed by atoms with Crippen LogP contribution in [-0.4, -0.2) is 39.8 Å². The Labute approximate surface area is 129 Å². The number of sulfone groups is 1. The van der Waals surface area contributed by atoms with E-state index in [-0.39, 0.29) is 4.90 Å². The molecule has 0 saturated heterocycles. The topological polar surface area (TPSA) is 86.7 Å². The van der Waals surface area contributed by atoms with E-state index in [0.717, 1.165) is 14.2 Å². The third-order valence-corrected chi connectivity index (χ3v) is 6.87. The van der Waals surface area contributed by atoms with Crippen molar-refractivity contribution >= 4 is 21.8 Å². The smallest absolute Gasteiger partial charge is 0.325 e. The SMILES string of the molecule is COC(=O)C1(C(=O)OC)C(S(=O)(=O)c2ccccc2)C1(C)C. The summed E-state index contributed by atoms with van der Waals surface area (Å²) in [7, 11) is -1.66. The van der Waals surface area contributed by atoms with E-state index in [1.807, 2.05) is 0 Å². The highest BCUT2D eigenvalue weighted by Crippen LogP contribution is 2.68. The molecule has 1 aliphatic carbocycles. The molecule has 0 amide bonds. The molecule has 120 valence electrons. The molecule has 0 heterocycles. The Morgan fingerprint density at radius 1 is 1.00 bits per heavy atom. The molecule has 7 heteroatoms. The maximum Gasteiger partial charge on any atom is 0.325 e. The fourth-order valence-electron chi connectivity index (χ4n) is 3.23. The first-order valence-corrected chi connectivity index (χ1v) is 8.19. The minimum atomic E-state index is -3.89. The molecule has 1 aliphatic rings. The molecule has 1 atom stereocenters. The fourth-order valence-corrected chi connectivity index (χ4v) is 5.89. The maximum absolute atomic E-state index is 12.9. The highest BCUT2D eigenvalue weighted by atomic mass is 32.2. The van der Waals surface area contributed by atoms with Gasteiger partial charge in [-0.05, 0) is 12.1 Å². The zero-order valence-corrected chi connectivity index (χ0v) is 13.6. The van der Waals surface area contributed by atoms with Crippen LogP contribution in [0.1, 0.15) is 13.8 Å². The second-order valence-corrected chi connectivity index (χ2v) is 7.78. The Kier molecular flexibility index (Phi) is 3.81. The highest BCUT2D eigenvalue weighted by molar-refractivity contribution is 7.92. The van der Waals surface area contributed by atoms with Gasteiger partial charge < -0.3 is 9.47 Å². The van der Waals surface area contributed by atoms with Crippen molar-refractivity contribution in [1.82, 2.24) is 0 Å². The molecule has 2 rings (SSSR count). The Bertz CT molecular complexity index is 689. The lowest BCUT2D eigenvalue weighted by Gasteiger charge is -2.14. The van der Waals surface area contributed by atoms with Crippen molar-refractivity contribution in [2.75, 3.05) is 14.2 Å². The lowest BCUT2D eigenvalue weighted by Crippen LogP contribution is -2.35. The zero-order valence-electron chi connectivity index (χ0n) is 12.8. The van der Waals surface area contributed by atoms with Crippen molar-refractivity contribution in [3.05, 3.63) is 30.3 Å². The molecule has 1 fully saturated rings. The van der Waals surface area contributed by atoms with Crippen molar-refractivity contribution < 1.29 is 27.5 Å². The maximum atomic E-state index is 12.9. The number of rotatable bonds is 4. The number of hydrogen-bond acceptors (Lipinski definition) is 6. The molecule has 0 aliphatic heterocycles. The van der Waals surface area contributed by atoms with Gasteiger partial charge in [0.2, 0.25) is 0 Å². The molecular formula is C15H18O6S. The Morgan fingerprint density at radius 3 is 1.86 bits per heavy atom. The lowest BCUT2D eigenvalue weighted by atomic mass is 9.96. The summed E-state index contributed by atoms with van der Waals surface area (Å²) in [5.74, 6) is -1.79. The molecule has 0 bridgehead atoms. The van der Waals surface area contributed by atoms with Crippen molar-refractivity contribution in [2.45, 2.75) is 24.0 Å². The molecule has 1 aromatic rings. The number of esters is 2.